The first-order valence-electron chi connectivity index (χ1n) is 4.60. The molecule has 0 aromatic carbocycles. The first-order valence-corrected chi connectivity index (χ1v) is 4.60. The van der Waals surface area contributed by atoms with E-state index in [1.54, 1.807) is 20.8 Å². The van der Waals surface area contributed by atoms with Gasteiger partial charge in [0.1, 0.15) is 0 Å². The van der Waals surface area contributed by atoms with Crippen LogP contribution in [-0.2, 0) is 4.79 Å². The molecule has 0 spiro atoms. The zero-order valence-corrected chi connectivity index (χ0v) is 12.7. The molecule has 84 valence electrons. The zero-order valence-electron chi connectivity index (χ0n) is 10.7. The van der Waals surface area contributed by atoms with Crippen molar-refractivity contribution < 1.29 is 34.4 Å². The molecule has 5 nitrogen and oxygen atoms in total. The predicted molar refractivity (Wildman–Crippen MR) is 57.2 cm³/mol. The topological polar surface area (TPSA) is 112 Å². The van der Waals surface area contributed by atoms with E-state index in [0.29, 0.717) is 0 Å². The van der Waals surface area contributed by atoms with Gasteiger partial charge in [0.05, 0.1) is 5.78 Å². The molecule has 0 aromatic heterocycles. The second-order valence-electron chi connectivity index (χ2n) is 4.15. The molecular formula is C12H9N4NaO. The quantitative estimate of drug-likeness (QED) is 0.257. The molecule has 0 aromatic rings. The summed E-state index contributed by atoms with van der Waals surface area (Å²) in [5.74, 6) is -1.09. The van der Waals surface area contributed by atoms with Gasteiger partial charge in [0.15, 0.2) is 0 Å². The van der Waals surface area contributed by atoms with Crippen molar-refractivity contribution in [1.82, 2.24) is 0 Å². The van der Waals surface area contributed by atoms with Crippen LogP contribution in [0.3, 0.4) is 0 Å². The summed E-state index contributed by atoms with van der Waals surface area (Å²) in [6.45, 7) is 4.73. The molecule has 0 aliphatic carbocycles. The Hall–Kier alpha value is -1.76. The molecule has 0 fully saturated rings. The van der Waals surface area contributed by atoms with Crippen molar-refractivity contribution in [3.8, 4) is 24.3 Å². The van der Waals surface area contributed by atoms with Crippen molar-refractivity contribution in [1.29, 1.82) is 21.0 Å². The molecule has 0 N–H and O–H groups in total. The van der Waals surface area contributed by atoms with Crippen LogP contribution in [0.25, 0.3) is 0 Å². The minimum atomic E-state index is -0.882. The molecule has 0 bridgehead atoms. The van der Waals surface area contributed by atoms with Crippen molar-refractivity contribution in [3.05, 3.63) is 17.1 Å². The number of hydrogen-bond donors (Lipinski definition) is 0. The monoisotopic (exact) mass is 248 g/mol. The van der Waals surface area contributed by atoms with Gasteiger partial charge in [0.2, 0.25) is 0 Å². The third kappa shape index (κ3) is 4.25. The molecule has 0 saturated carbocycles. The van der Waals surface area contributed by atoms with Crippen LogP contribution in [0.4, 0.5) is 0 Å². The number of rotatable bonds is 2. The van der Waals surface area contributed by atoms with Crippen LogP contribution in [0.5, 0.6) is 0 Å². The smallest absolute Gasteiger partial charge is 0.370 e. The van der Waals surface area contributed by atoms with Crippen molar-refractivity contribution in [2.24, 2.45) is 5.41 Å². The Balaban J connectivity index is 0. The van der Waals surface area contributed by atoms with E-state index < -0.39 is 28.3 Å². The van der Waals surface area contributed by atoms with E-state index in [0.717, 1.165) is 0 Å². The Morgan fingerprint density at radius 3 is 1.61 bits per heavy atom. The summed E-state index contributed by atoms with van der Waals surface area (Å²) < 4.78 is 0. The molecule has 0 atom stereocenters. The Kier molecular flexibility index (Phi) is 7.80. The number of allylic oxidation sites excluding steroid dienone is 2. The van der Waals surface area contributed by atoms with E-state index >= 15 is 0 Å². The number of carbonyl (C=O) groups is 1. The van der Waals surface area contributed by atoms with Crippen LogP contribution in [0, 0.1) is 56.7 Å². The predicted octanol–water partition coefficient (Wildman–Crippen LogP) is -1.43. The van der Waals surface area contributed by atoms with Crippen LogP contribution in [0.2, 0.25) is 0 Å². The van der Waals surface area contributed by atoms with Gasteiger partial charge < -0.3 is 4.79 Å². The van der Waals surface area contributed by atoms with Crippen LogP contribution >= 0.6 is 0 Å². The summed E-state index contributed by atoms with van der Waals surface area (Å²) >= 11 is 0. The summed E-state index contributed by atoms with van der Waals surface area (Å²) in [5.41, 5.74) is -1.79. The van der Waals surface area contributed by atoms with E-state index in [9.17, 15) is 4.79 Å². The Morgan fingerprint density at radius 1 is 1.00 bits per heavy atom. The van der Waals surface area contributed by atoms with Crippen molar-refractivity contribution in [2.45, 2.75) is 20.8 Å². The first kappa shape index (κ1) is 18.6. The summed E-state index contributed by atoms with van der Waals surface area (Å²) in [5, 5.41) is 34.9. The molecule has 0 aliphatic heterocycles. The van der Waals surface area contributed by atoms with Gasteiger partial charge in [0.25, 0.3) is 0 Å². The van der Waals surface area contributed by atoms with Crippen LogP contribution < -0.4 is 29.6 Å². The van der Waals surface area contributed by atoms with E-state index in [4.69, 9.17) is 21.0 Å². The molecule has 0 radical (unpaired) electrons. The largest absolute Gasteiger partial charge is 1.00 e. The van der Waals surface area contributed by atoms with Gasteiger partial charge in [0, 0.05) is 35.8 Å². The van der Waals surface area contributed by atoms with Crippen molar-refractivity contribution >= 4 is 5.78 Å². The second-order valence-corrected chi connectivity index (χ2v) is 4.15. The van der Waals surface area contributed by atoms with Crippen molar-refractivity contribution in [3.63, 3.8) is 0 Å². The third-order valence-corrected chi connectivity index (χ3v) is 1.86. The number of nitrogens with zero attached hydrogens (tertiary/aromatic N) is 4. The standard InChI is InChI=1S/C12H9N4O.Na/c1-12(2,3)11(17)10(8(4-13)5-14)9(6-15)7-16;/h1-3H3;/q-1;+1. The van der Waals surface area contributed by atoms with E-state index in [-0.39, 0.29) is 29.6 Å². The van der Waals surface area contributed by atoms with Gasteiger partial charge in [-0.15, -0.1) is 0 Å². The Morgan fingerprint density at radius 2 is 1.39 bits per heavy atom. The van der Waals surface area contributed by atoms with Gasteiger partial charge >= 0.3 is 29.6 Å². The number of carbonyl (C=O) groups excluding carboxylic acids is 1. The number of hydrogen-bond acceptors (Lipinski definition) is 5. The zero-order chi connectivity index (χ0) is 13.6. The average Bonchev–Trinajstić information content (AvgIpc) is 2.27. The Bertz CT molecular complexity index is 499. The molecule has 18 heavy (non-hydrogen) atoms. The first-order chi connectivity index (χ1) is 7.83. The fourth-order valence-electron chi connectivity index (χ4n) is 1.00. The minimum Gasteiger partial charge on any atom is -0.370 e. The van der Waals surface area contributed by atoms with Crippen LogP contribution in [0.1, 0.15) is 20.8 Å². The van der Waals surface area contributed by atoms with Gasteiger partial charge in [-0.25, -0.2) is 21.0 Å². The molecule has 0 heterocycles. The number of Topliss-reactive ketones (excluding diaryl/α,β-unsaturated/α-hetero) is 1. The van der Waals surface area contributed by atoms with Crippen molar-refractivity contribution in [2.75, 3.05) is 0 Å². The third-order valence-electron chi connectivity index (χ3n) is 1.86. The van der Waals surface area contributed by atoms with Gasteiger partial charge in [-0.1, -0.05) is 26.3 Å². The summed E-state index contributed by atoms with van der Waals surface area (Å²) in [4.78, 5) is 12.0. The molecule has 0 saturated heterocycles. The second kappa shape index (κ2) is 7.54. The number of nitriles is 4. The summed E-state index contributed by atoms with van der Waals surface area (Å²) in [7, 11) is 0. The van der Waals surface area contributed by atoms with E-state index in [1.165, 1.54) is 24.3 Å². The van der Waals surface area contributed by atoms with Crippen LogP contribution in [0.15, 0.2) is 11.1 Å². The Labute approximate surface area is 128 Å². The maximum atomic E-state index is 12.0. The average molecular weight is 248 g/mol. The fourth-order valence-corrected chi connectivity index (χ4v) is 1.00. The molecule has 0 aliphatic rings. The number of ketones is 1. The van der Waals surface area contributed by atoms with Gasteiger partial charge in [-0.3, -0.25) is 0 Å². The molecule has 0 rings (SSSR count). The fraction of sp³-hybridized carbons (Fsp3) is 0.333. The van der Waals surface area contributed by atoms with Gasteiger partial charge in [-0.2, -0.15) is 0 Å². The van der Waals surface area contributed by atoms with Gasteiger partial charge in [-0.05, 0) is 5.41 Å². The van der Waals surface area contributed by atoms with Crippen LogP contribution in [-0.4, -0.2) is 5.78 Å². The molecular weight excluding hydrogens is 239 g/mol. The summed E-state index contributed by atoms with van der Waals surface area (Å²) in [6.07, 6.45) is 0. The maximum absolute atomic E-state index is 12.0. The van der Waals surface area contributed by atoms with E-state index in [2.05, 4.69) is 0 Å². The molecule has 0 unspecified atom stereocenters. The summed E-state index contributed by atoms with van der Waals surface area (Å²) in [6, 6.07) is 6.11. The normalized spacial score (nSPS) is 8.39. The molecule has 0 amide bonds. The SMILES string of the molecule is CC(C)(C)C(=O)C(=C(C#N)C#N)[C-](C#N)C#N.[Na+]. The maximum Gasteiger partial charge on any atom is 1.00 e. The minimum absolute atomic E-state index is 0. The molecule has 6 heteroatoms. The van der Waals surface area contributed by atoms with E-state index in [1.807, 2.05) is 0 Å².